The summed E-state index contributed by atoms with van der Waals surface area (Å²) in [5.74, 6) is 2.36. The average Bonchev–Trinajstić information content (AvgIpc) is 2.91. The van der Waals surface area contributed by atoms with E-state index in [9.17, 15) is 9.59 Å². The number of carbonyl (C=O) groups is 2. The molecule has 0 amide bonds. The second kappa shape index (κ2) is 15.7. The first-order valence-corrected chi connectivity index (χ1v) is 14.8. The van der Waals surface area contributed by atoms with E-state index in [2.05, 4.69) is 62.4 Å². The maximum Gasteiger partial charge on any atom is 0.306 e. The van der Waals surface area contributed by atoms with Gasteiger partial charge in [-0.25, -0.2) is 0 Å². The van der Waals surface area contributed by atoms with Crippen LogP contribution in [0.4, 0.5) is 0 Å². The fourth-order valence-electron chi connectivity index (χ4n) is 5.99. The Hall–Kier alpha value is -2.62. The molecular formula is C34H48O4. The van der Waals surface area contributed by atoms with Gasteiger partial charge in [0.2, 0.25) is 0 Å². The van der Waals surface area contributed by atoms with Gasteiger partial charge >= 0.3 is 11.9 Å². The first kappa shape index (κ1) is 29.9. The van der Waals surface area contributed by atoms with Crippen molar-refractivity contribution >= 4 is 11.9 Å². The van der Waals surface area contributed by atoms with Crippen LogP contribution >= 0.6 is 0 Å². The molecule has 208 valence electrons. The number of aryl methyl sites for hydroxylation is 2. The lowest BCUT2D eigenvalue weighted by molar-refractivity contribution is -0.145. The molecular weight excluding hydrogens is 472 g/mol. The minimum atomic E-state index is -0.0266. The molecule has 2 saturated carbocycles. The number of carbonyl (C=O) groups excluding carboxylic acids is 2. The van der Waals surface area contributed by atoms with Gasteiger partial charge in [-0.1, -0.05) is 59.7 Å². The zero-order valence-corrected chi connectivity index (χ0v) is 24.0. The molecule has 4 nitrogen and oxygen atoms in total. The molecule has 0 unspecified atom stereocenters. The van der Waals surface area contributed by atoms with Crippen molar-refractivity contribution in [3.8, 4) is 0 Å². The molecule has 0 radical (unpaired) electrons. The summed E-state index contributed by atoms with van der Waals surface area (Å²) in [6.07, 6.45) is 10.6. The molecule has 2 fully saturated rings. The number of hydrogen-bond donors (Lipinski definition) is 0. The third kappa shape index (κ3) is 9.93. The van der Waals surface area contributed by atoms with Crippen LogP contribution in [0.2, 0.25) is 0 Å². The lowest BCUT2D eigenvalue weighted by atomic mass is 9.77. The van der Waals surface area contributed by atoms with Crippen LogP contribution in [0, 0.1) is 25.7 Å². The van der Waals surface area contributed by atoms with Gasteiger partial charge in [0.15, 0.2) is 0 Å². The molecule has 0 spiro atoms. The maximum atomic E-state index is 11.5. The number of esters is 2. The van der Waals surface area contributed by atoms with E-state index in [0.29, 0.717) is 49.7 Å². The molecule has 0 aromatic heterocycles. The highest BCUT2D eigenvalue weighted by atomic mass is 16.5. The van der Waals surface area contributed by atoms with Crippen LogP contribution in [-0.4, -0.2) is 25.2 Å². The van der Waals surface area contributed by atoms with Gasteiger partial charge in [-0.15, -0.1) is 0 Å². The van der Waals surface area contributed by atoms with Crippen LogP contribution in [-0.2, 0) is 19.1 Å². The molecule has 0 atom stereocenters. The fourth-order valence-corrected chi connectivity index (χ4v) is 5.99. The van der Waals surface area contributed by atoms with Gasteiger partial charge in [-0.2, -0.15) is 0 Å². The second-order valence-corrected chi connectivity index (χ2v) is 11.3. The van der Waals surface area contributed by atoms with Gasteiger partial charge < -0.3 is 9.47 Å². The van der Waals surface area contributed by atoms with E-state index in [4.69, 9.17) is 9.47 Å². The van der Waals surface area contributed by atoms with Crippen molar-refractivity contribution < 1.29 is 19.1 Å². The van der Waals surface area contributed by atoms with Crippen LogP contribution in [0.25, 0.3) is 0 Å². The summed E-state index contributed by atoms with van der Waals surface area (Å²) in [4.78, 5) is 23.0. The zero-order chi connectivity index (χ0) is 27.3. The summed E-state index contributed by atoms with van der Waals surface area (Å²) in [7, 11) is 0. The number of rotatable bonds is 8. The molecule has 0 bridgehead atoms. The first-order valence-electron chi connectivity index (χ1n) is 14.8. The van der Waals surface area contributed by atoms with Crippen molar-refractivity contribution in [2.24, 2.45) is 11.8 Å². The Bertz CT molecular complexity index is 881. The van der Waals surface area contributed by atoms with Crippen molar-refractivity contribution in [3.63, 3.8) is 0 Å². The Morgan fingerprint density at radius 1 is 0.579 bits per heavy atom. The molecule has 2 aliphatic rings. The Morgan fingerprint density at radius 3 is 1.18 bits per heavy atom. The topological polar surface area (TPSA) is 52.6 Å². The molecule has 0 heterocycles. The van der Waals surface area contributed by atoms with E-state index in [1.807, 2.05) is 13.8 Å². The highest BCUT2D eigenvalue weighted by Gasteiger charge is 2.25. The summed E-state index contributed by atoms with van der Waals surface area (Å²) in [6.45, 7) is 8.98. The lowest BCUT2D eigenvalue weighted by Crippen LogP contribution is -2.17. The number of hydrogen-bond acceptors (Lipinski definition) is 4. The maximum absolute atomic E-state index is 11.5. The molecule has 0 N–H and O–H groups in total. The second-order valence-electron chi connectivity index (χ2n) is 11.3. The summed E-state index contributed by atoms with van der Waals surface area (Å²) in [6, 6.07) is 17.8. The van der Waals surface area contributed by atoms with E-state index in [0.717, 1.165) is 25.7 Å². The minimum absolute atomic E-state index is 0.0266. The number of benzene rings is 2. The van der Waals surface area contributed by atoms with Crippen LogP contribution < -0.4 is 0 Å². The van der Waals surface area contributed by atoms with Crippen molar-refractivity contribution in [3.05, 3.63) is 70.8 Å². The van der Waals surface area contributed by atoms with E-state index >= 15 is 0 Å². The highest BCUT2D eigenvalue weighted by Crippen LogP contribution is 2.38. The summed E-state index contributed by atoms with van der Waals surface area (Å²) in [5.41, 5.74) is 5.56. The van der Waals surface area contributed by atoms with Gasteiger partial charge in [-0.05, 0) is 114 Å². The van der Waals surface area contributed by atoms with Crippen LogP contribution in [0.1, 0.15) is 112 Å². The monoisotopic (exact) mass is 520 g/mol. The standard InChI is InChI=1S/2C17H24O2/c2*1-3-19-17(18)12-14-6-10-16(11-7-14)15-8-4-13(2)5-9-15/h2*4-5,8-9,14,16H,3,6-7,10-12H2,1-2H3. The molecule has 0 saturated heterocycles. The third-order valence-corrected chi connectivity index (χ3v) is 8.31. The molecule has 4 rings (SSSR count). The predicted octanol–water partition coefficient (Wildman–Crippen LogP) is 8.44. The van der Waals surface area contributed by atoms with Gasteiger partial charge in [0.05, 0.1) is 13.2 Å². The van der Waals surface area contributed by atoms with Crippen LogP contribution in [0.5, 0.6) is 0 Å². The third-order valence-electron chi connectivity index (χ3n) is 8.31. The fraction of sp³-hybridized carbons (Fsp3) is 0.588. The Kier molecular flexibility index (Phi) is 12.4. The van der Waals surface area contributed by atoms with Gasteiger partial charge in [-0.3, -0.25) is 9.59 Å². The molecule has 2 aromatic rings. The normalized spacial score (nSPS) is 23.1. The SMILES string of the molecule is CCOC(=O)CC1CCC(c2ccc(C)cc2)CC1.CCOC(=O)CC1CCC(c2ccc(C)cc2)CC1. The molecule has 2 aromatic carbocycles. The van der Waals surface area contributed by atoms with Gasteiger partial charge in [0.1, 0.15) is 0 Å². The van der Waals surface area contributed by atoms with E-state index in [-0.39, 0.29) is 11.9 Å². The first-order chi connectivity index (χ1) is 18.4. The summed E-state index contributed by atoms with van der Waals surface area (Å²) < 4.78 is 10.1. The Morgan fingerprint density at radius 2 is 0.895 bits per heavy atom. The van der Waals surface area contributed by atoms with Crippen LogP contribution in [0.15, 0.2) is 48.5 Å². The minimum Gasteiger partial charge on any atom is -0.466 e. The predicted molar refractivity (Wildman–Crippen MR) is 154 cm³/mol. The van der Waals surface area contributed by atoms with E-state index < -0.39 is 0 Å². The van der Waals surface area contributed by atoms with Gasteiger partial charge in [0.25, 0.3) is 0 Å². The van der Waals surface area contributed by atoms with Crippen molar-refractivity contribution in [2.75, 3.05) is 13.2 Å². The van der Waals surface area contributed by atoms with Crippen LogP contribution in [0.3, 0.4) is 0 Å². The molecule has 4 heteroatoms. The zero-order valence-electron chi connectivity index (χ0n) is 24.0. The Labute approximate surface area is 230 Å². The van der Waals surface area contributed by atoms with Gasteiger partial charge in [0, 0.05) is 12.8 Å². The van der Waals surface area contributed by atoms with Crippen molar-refractivity contribution in [1.82, 2.24) is 0 Å². The van der Waals surface area contributed by atoms with Crippen molar-refractivity contribution in [2.45, 2.75) is 104 Å². The molecule has 0 aliphatic heterocycles. The Balaban J connectivity index is 0.000000211. The summed E-state index contributed by atoms with van der Waals surface area (Å²) in [5, 5.41) is 0. The number of ether oxygens (including phenoxy) is 2. The smallest absolute Gasteiger partial charge is 0.306 e. The molecule has 2 aliphatic carbocycles. The average molecular weight is 521 g/mol. The summed E-state index contributed by atoms with van der Waals surface area (Å²) >= 11 is 0. The quantitative estimate of drug-likeness (QED) is 0.328. The largest absolute Gasteiger partial charge is 0.466 e. The highest BCUT2D eigenvalue weighted by molar-refractivity contribution is 5.70. The molecule has 38 heavy (non-hydrogen) atoms. The van der Waals surface area contributed by atoms with E-state index in [1.165, 1.54) is 47.9 Å². The van der Waals surface area contributed by atoms with E-state index in [1.54, 1.807) is 0 Å². The van der Waals surface area contributed by atoms with Crippen molar-refractivity contribution in [1.29, 1.82) is 0 Å². The lowest BCUT2D eigenvalue weighted by Gasteiger charge is -2.28.